The minimum atomic E-state index is -0.213. The van der Waals surface area contributed by atoms with E-state index in [4.69, 9.17) is 77.3 Å². The number of rotatable bonds is 8. The zero-order valence-electron chi connectivity index (χ0n) is 33.7. The van der Waals surface area contributed by atoms with E-state index in [-0.39, 0.29) is 60.8 Å². The van der Waals surface area contributed by atoms with E-state index in [0.29, 0.717) is 70.0 Å². The van der Waals surface area contributed by atoms with Gasteiger partial charge < -0.3 is 30.7 Å². The van der Waals surface area contributed by atoms with Crippen LogP contribution < -0.4 is 11.5 Å². The second kappa shape index (κ2) is 18.0. The van der Waals surface area contributed by atoms with Gasteiger partial charge in [-0.25, -0.2) is 0 Å². The Labute approximate surface area is 368 Å². The summed E-state index contributed by atoms with van der Waals surface area (Å²) in [6.07, 6.45) is 4.17. The monoisotopic (exact) mass is 894 g/mol. The van der Waals surface area contributed by atoms with E-state index in [9.17, 15) is 19.2 Å². The number of nitrogens with two attached hydrogens (primary N) is 2. The topological polar surface area (TPSA) is 171 Å². The van der Waals surface area contributed by atoms with Gasteiger partial charge in [0.15, 0.2) is 0 Å². The molecule has 4 atom stereocenters. The van der Waals surface area contributed by atoms with Crippen LogP contribution in [0.15, 0.2) is 36.4 Å². The lowest BCUT2D eigenvalue weighted by Crippen LogP contribution is -2.34. The molecule has 0 saturated heterocycles. The molecule has 60 heavy (non-hydrogen) atoms. The van der Waals surface area contributed by atoms with Crippen molar-refractivity contribution < 1.29 is 28.7 Å². The fourth-order valence-corrected chi connectivity index (χ4v) is 10.4. The van der Waals surface area contributed by atoms with Crippen LogP contribution in [-0.2, 0) is 45.2 Å². The highest BCUT2D eigenvalue weighted by molar-refractivity contribution is 6.37. The van der Waals surface area contributed by atoms with Gasteiger partial charge >= 0.3 is 11.9 Å². The number of nitrogens with zero attached hydrogens (tertiary/aromatic N) is 4. The molecular weight excluding hydrogens is 850 g/mol. The van der Waals surface area contributed by atoms with Crippen molar-refractivity contribution in [2.24, 2.45) is 23.3 Å². The quantitative estimate of drug-likeness (QED) is 0.164. The Kier molecular flexibility index (Phi) is 13.1. The van der Waals surface area contributed by atoms with Crippen molar-refractivity contribution in [2.75, 3.05) is 14.2 Å². The fourth-order valence-electron chi connectivity index (χ4n) is 9.36. The summed E-state index contributed by atoms with van der Waals surface area (Å²) in [5.74, 6) is -0.955. The van der Waals surface area contributed by atoms with Crippen molar-refractivity contribution in [3.8, 4) is 22.3 Å². The highest BCUT2D eigenvalue weighted by Crippen LogP contribution is 2.44. The number of carbonyl (C=O) groups excluding carboxylic acids is 4. The molecule has 2 saturated carbocycles. The van der Waals surface area contributed by atoms with Gasteiger partial charge in [-0.1, -0.05) is 58.5 Å². The molecule has 2 aromatic heterocycles. The zero-order valence-corrected chi connectivity index (χ0v) is 36.8. The van der Waals surface area contributed by atoms with Crippen LogP contribution >= 0.6 is 46.4 Å². The second-order valence-electron chi connectivity index (χ2n) is 15.6. The molecule has 12 nitrogen and oxygen atoms in total. The fraction of sp³-hybridized carbons (Fsp3) is 0.409. The number of esters is 2. The first kappa shape index (κ1) is 43.8. The Balaban J connectivity index is 0.000000181. The summed E-state index contributed by atoms with van der Waals surface area (Å²) in [6, 6.07) is 10.4. The average molecular weight is 897 g/mol. The molecule has 16 heteroatoms. The number of fused-ring (bicyclic) bond motifs is 2. The third kappa shape index (κ3) is 8.10. The summed E-state index contributed by atoms with van der Waals surface area (Å²) in [6.45, 7) is 5.09. The molecule has 316 valence electrons. The average Bonchev–Trinajstić information content (AvgIpc) is 4.03. The van der Waals surface area contributed by atoms with Crippen LogP contribution in [0.4, 0.5) is 0 Å². The maximum absolute atomic E-state index is 13.5. The summed E-state index contributed by atoms with van der Waals surface area (Å²) in [5.41, 5.74) is 20.7. The highest BCUT2D eigenvalue weighted by atomic mass is 35.5. The standard InChI is InChI=1S/2C22H23Cl2N3O3/c2*1-11-16(9-25)19(15-6-4-13(23)8-17(15)24)20-18(26-11)10-27(21(20)28)14-5-3-12(7-14)22(29)30-2/h2*4,6,8,12,14H,3,5,7,9-10,25H2,1-2H3/t2*12-,14?/m11/s1. The van der Waals surface area contributed by atoms with Crippen LogP contribution in [0.2, 0.25) is 20.1 Å². The number of ether oxygens (including phenoxy) is 2. The first-order valence-corrected chi connectivity index (χ1v) is 21.3. The number of aromatic nitrogens is 2. The SMILES string of the molecule is COC(=O)[C@@H]1CCC(N2Cc3nc(C)c(CN)c(-c4ccc(Cl)cc4Cl)c3C2=O)C1.COC(=O)[C@@H]1CCC(N2Cc3nc(C)c(CN)c(-c4ccc(Cl)cc4Cl)c3C2=O)C1. The Bertz CT molecular complexity index is 2250. The zero-order chi connectivity index (χ0) is 43.2. The van der Waals surface area contributed by atoms with Gasteiger partial charge in [0.2, 0.25) is 0 Å². The van der Waals surface area contributed by atoms with Crippen LogP contribution in [-0.4, -0.2) is 69.8 Å². The maximum Gasteiger partial charge on any atom is 0.308 e. The van der Waals surface area contributed by atoms with Crippen molar-refractivity contribution in [3.63, 3.8) is 0 Å². The Morgan fingerprint density at radius 2 is 1.03 bits per heavy atom. The van der Waals surface area contributed by atoms with Crippen LogP contribution in [0.1, 0.15) is 93.1 Å². The lowest BCUT2D eigenvalue weighted by molar-refractivity contribution is -0.146. The highest BCUT2D eigenvalue weighted by Gasteiger charge is 2.43. The van der Waals surface area contributed by atoms with Gasteiger partial charge in [-0.05, 0) is 87.8 Å². The predicted octanol–water partition coefficient (Wildman–Crippen LogP) is 8.24. The molecule has 4 aromatic rings. The number of methoxy groups -OCH3 is 2. The van der Waals surface area contributed by atoms with Crippen LogP contribution in [0, 0.1) is 25.7 Å². The van der Waals surface area contributed by atoms with Gasteiger partial charge in [-0.3, -0.25) is 29.1 Å². The number of amides is 2. The number of pyridine rings is 2. The number of aryl methyl sites for hydroxylation is 2. The molecule has 0 bridgehead atoms. The lowest BCUT2D eigenvalue weighted by atomic mass is 9.93. The Morgan fingerprint density at radius 1 is 0.650 bits per heavy atom. The Morgan fingerprint density at radius 3 is 1.37 bits per heavy atom. The van der Waals surface area contributed by atoms with E-state index >= 15 is 0 Å². The smallest absolute Gasteiger partial charge is 0.308 e. The van der Waals surface area contributed by atoms with Gasteiger partial charge in [0.25, 0.3) is 11.8 Å². The van der Waals surface area contributed by atoms with Crippen LogP contribution in [0.25, 0.3) is 22.3 Å². The minimum Gasteiger partial charge on any atom is -0.469 e. The number of carbonyl (C=O) groups is 4. The van der Waals surface area contributed by atoms with Gasteiger partial charge in [-0.15, -0.1) is 0 Å². The van der Waals surface area contributed by atoms with E-state index in [2.05, 4.69) is 0 Å². The summed E-state index contributed by atoms with van der Waals surface area (Å²) in [7, 11) is 2.80. The molecule has 2 amide bonds. The summed E-state index contributed by atoms with van der Waals surface area (Å²) in [4.78, 5) is 64.0. The first-order valence-electron chi connectivity index (χ1n) is 19.8. The van der Waals surface area contributed by atoms with Crippen LogP contribution in [0.3, 0.4) is 0 Å². The van der Waals surface area contributed by atoms with Crippen molar-refractivity contribution in [2.45, 2.75) is 90.6 Å². The molecule has 2 unspecified atom stereocenters. The number of hydrogen-bond donors (Lipinski definition) is 2. The molecule has 4 heterocycles. The first-order chi connectivity index (χ1) is 28.7. The molecule has 0 spiro atoms. The van der Waals surface area contributed by atoms with Gasteiger partial charge in [0, 0.05) is 78.9 Å². The normalized spacial score (nSPS) is 20.6. The van der Waals surface area contributed by atoms with Crippen molar-refractivity contribution in [1.82, 2.24) is 19.8 Å². The molecule has 2 aliphatic carbocycles. The van der Waals surface area contributed by atoms with Crippen molar-refractivity contribution in [1.29, 1.82) is 0 Å². The minimum absolute atomic E-state index is 0.0222. The van der Waals surface area contributed by atoms with Gasteiger partial charge in [-0.2, -0.15) is 0 Å². The van der Waals surface area contributed by atoms with E-state index in [1.165, 1.54) is 14.2 Å². The third-order valence-electron chi connectivity index (χ3n) is 12.3. The van der Waals surface area contributed by atoms with E-state index < -0.39 is 0 Å². The van der Waals surface area contributed by atoms with E-state index in [0.717, 1.165) is 69.0 Å². The Hall–Kier alpha value is -4.30. The predicted molar refractivity (Wildman–Crippen MR) is 231 cm³/mol. The summed E-state index contributed by atoms with van der Waals surface area (Å²) in [5, 5.41) is 1.97. The third-order valence-corrected chi connectivity index (χ3v) is 13.4. The molecule has 8 rings (SSSR count). The second-order valence-corrected chi connectivity index (χ2v) is 17.3. The largest absolute Gasteiger partial charge is 0.469 e. The lowest BCUT2D eigenvalue weighted by Gasteiger charge is -2.23. The van der Waals surface area contributed by atoms with Crippen molar-refractivity contribution >= 4 is 70.2 Å². The van der Waals surface area contributed by atoms with Crippen molar-refractivity contribution in [3.05, 3.63) is 102 Å². The van der Waals surface area contributed by atoms with E-state index in [1.807, 2.05) is 35.8 Å². The number of benzene rings is 2. The molecule has 2 aliphatic heterocycles. The van der Waals surface area contributed by atoms with E-state index in [1.54, 1.807) is 24.3 Å². The molecule has 2 aromatic carbocycles. The van der Waals surface area contributed by atoms with Gasteiger partial charge in [0.1, 0.15) is 0 Å². The van der Waals surface area contributed by atoms with Gasteiger partial charge in [0.05, 0.1) is 61.7 Å². The molecule has 4 N–H and O–H groups in total. The molecule has 2 fully saturated rings. The summed E-state index contributed by atoms with van der Waals surface area (Å²) < 4.78 is 9.77. The molecule has 4 aliphatic rings. The molecular formula is C44H46Cl4N6O6. The maximum atomic E-state index is 13.5. The molecule has 0 radical (unpaired) electrons. The summed E-state index contributed by atoms with van der Waals surface area (Å²) >= 11 is 25.2. The number of hydrogen-bond acceptors (Lipinski definition) is 10. The van der Waals surface area contributed by atoms with Crippen LogP contribution in [0.5, 0.6) is 0 Å². The number of halogens is 4.